The van der Waals surface area contributed by atoms with Crippen LogP contribution in [0.2, 0.25) is 0 Å². The van der Waals surface area contributed by atoms with Crippen LogP contribution < -0.4 is 4.90 Å². The third-order valence-electron chi connectivity index (χ3n) is 4.67. The van der Waals surface area contributed by atoms with E-state index < -0.39 is 0 Å². The number of aliphatic imine (C=N–C) groups is 1. The first-order chi connectivity index (χ1) is 14.3. The second-order valence-corrected chi connectivity index (χ2v) is 8.59. The number of nitrogens with one attached hydrogen (secondary N) is 1. The Kier molecular flexibility index (Phi) is 5.53. The molecule has 0 atom stereocenters. The van der Waals surface area contributed by atoms with Crippen molar-refractivity contribution in [3.05, 3.63) is 63.0 Å². The highest BCUT2D eigenvalue weighted by Crippen LogP contribution is 2.40. The number of phenols is 2. The number of phenolic OH excluding ortho intramolecular Hbond substituents is 2. The lowest BCUT2D eigenvalue weighted by atomic mass is 10.2. The molecular formula is C22H18Br2N4O2. The lowest BCUT2D eigenvalue weighted by Gasteiger charge is -2.11. The van der Waals surface area contributed by atoms with E-state index in [2.05, 4.69) is 63.9 Å². The second kappa shape index (κ2) is 8.12. The molecule has 0 spiro atoms. The molecule has 8 heteroatoms. The van der Waals surface area contributed by atoms with Gasteiger partial charge in [0.25, 0.3) is 0 Å². The minimum absolute atomic E-state index is 0.0605. The molecule has 0 unspecified atom stereocenters. The van der Waals surface area contributed by atoms with E-state index in [9.17, 15) is 10.2 Å². The minimum atomic E-state index is -0.0782. The molecule has 6 nitrogen and oxygen atoms in total. The number of nitrogens with zero attached hydrogens (tertiary/aromatic N) is 3. The van der Waals surface area contributed by atoms with E-state index in [1.807, 2.05) is 44.4 Å². The average Bonchev–Trinajstić information content (AvgIpc) is 3.17. The highest BCUT2D eigenvalue weighted by molar-refractivity contribution is 9.11. The number of rotatable bonds is 4. The van der Waals surface area contributed by atoms with Crippen molar-refractivity contribution in [3.8, 4) is 22.9 Å². The van der Waals surface area contributed by atoms with Gasteiger partial charge in [-0.2, -0.15) is 0 Å². The summed E-state index contributed by atoms with van der Waals surface area (Å²) >= 11 is 6.43. The van der Waals surface area contributed by atoms with Crippen LogP contribution >= 0.6 is 31.9 Å². The number of hydrogen-bond acceptors (Lipinski definition) is 5. The van der Waals surface area contributed by atoms with E-state index in [0.29, 0.717) is 15.7 Å². The first-order valence-corrected chi connectivity index (χ1v) is 10.6. The van der Waals surface area contributed by atoms with Crippen LogP contribution in [-0.2, 0) is 0 Å². The monoisotopic (exact) mass is 528 g/mol. The standard InChI is InChI=1S/C22H18Br2N4O2/c1-28(2)15-6-3-12(4-7-15)22-26-17-8-5-14(10-18(17)27-22)25-11-13-9-16(23)21(30)19(24)20(13)29/h3-11,29-30H,1-2H3,(H,26,27). The van der Waals surface area contributed by atoms with E-state index >= 15 is 0 Å². The summed E-state index contributed by atoms with van der Waals surface area (Å²) in [5.74, 6) is 0.653. The summed E-state index contributed by atoms with van der Waals surface area (Å²) in [6.45, 7) is 0. The summed E-state index contributed by atoms with van der Waals surface area (Å²) in [5.41, 5.74) is 5.03. The van der Waals surface area contributed by atoms with Crippen molar-refractivity contribution in [1.82, 2.24) is 9.97 Å². The van der Waals surface area contributed by atoms with Crippen molar-refractivity contribution >= 4 is 60.5 Å². The van der Waals surface area contributed by atoms with Crippen LogP contribution in [0.5, 0.6) is 11.5 Å². The average molecular weight is 530 g/mol. The minimum Gasteiger partial charge on any atom is -0.506 e. The van der Waals surface area contributed by atoms with E-state index in [1.54, 1.807) is 12.3 Å². The van der Waals surface area contributed by atoms with E-state index in [1.165, 1.54) is 0 Å². The predicted molar refractivity (Wildman–Crippen MR) is 128 cm³/mol. The first-order valence-electron chi connectivity index (χ1n) is 9.05. The molecule has 0 bridgehead atoms. The summed E-state index contributed by atoms with van der Waals surface area (Å²) in [5, 5.41) is 20.0. The number of halogens is 2. The molecule has 30 heavy (non-hydrogen) atoms. The lowest BCUT2D eigenvalue weighted by molar-refractivity contribution is 0.442. The molecule has 0 saturated heterocycles. The summed E-state index contributed by atoms with van der Waals surface area (Å²) < 4.78 is 0.676. The van der Waals surface area contributed by atoms with Crippen LogP contribution in [0.1, 0.15) is 5.56 Å². The predicted octanol–water partition coefficient (Wildman–Crippen LogP) is 5.98. The Balaban J connectivity index is 1.64. The smallest absolute Gasteiger partial charge is 0.147 e. The number of aromatic hydroxyl groups is 2. The lowest BCUT2D eigenvalue weighted by Crippen LogP contribution is -2.07. The van der Waals surface area contributed by atoms with Gasteiger partial charge in [0.05, 0.1) is 21.2 Å². The number of benzene rings is 3. The molecule has 1 aromatic heterocycles. The molecule has 0 radical (unpaired) electrons. The molecule has 0 aliphatic carbocycles. The van der Waals surface area contributed by atoms with Gasteiger partial charge in [0.2, 0.25) is 0 Å². The van der Waals surface area contributed by atoms with Crippen molar-refractivity contribution in [2.24, 2.45) is 4.99 Å². The first kappa shape index (κ1) is 20.4. The maximum atomic E-state index is 10.2. The molecule has 4 rings (SSSR count). The zero-order valence-electron chi connectivity index (χ0n) is 16.2. The second-order valence-electron chi connectivity index (χ2n) is 6.95. The molecule has 152 valence electrons. The Morgan fingerprint density at radius 1 is 1.00 bits per heavy atom. The molecule has 0 amide bonds. The van der Waals surface area contributed by atoms with Crippen LogP contribution in [0.4, 0.5) is 11.4 Å². The van der Waals surface area contributed by atoms with Gasteiger partial charge >= 0.3 is 0 Å². The van der Waals surface area contributed by atoms with Crippen molar-refractivity contribution in [2.45, 2.75) is 0 Å². The van der Waals surface area contributed by atoms with Crippen LogP contribution in [0.15, 0.2) is 62.5 Å². The Morgan fingerprint density at radius 2 is 1.73 bits per heavy atom. The molecule has 4 aromatic rings. The van der Waals surface area contributed by atoms with E-state index in [0.717, 1.165) is 28.1 Å². The molecule has 0 fully saturated rings. The van der Waals surface area contributed by atoms with Gasteiger partial charge in [0.1, 0.15) is 21.8 Å². The molecular weight excluding hydrogens is 512 g/mol. The van der Waals surface area contributed by atoms with Gasteiger partial charge in [-0.15, -0.1) is 0 Å². The Bertz CT molecular complexity index is 1260. The molecule has 1 heterocycles. The largest absolute Gasteiger partial charge is 0.506 e. The van der Waals surface area contributed by atoms with Crippen LogP contribution in [0, 0.1) is 0 Å². The van der Waals surface area contributed by atoms with Gasteiger partial charge in [0.15, 0.2) is 0 Å². The van der Waals surface area contributed by atoms with Crippen LogP contribution in [0.25, 0.3) is 22.4 Å². The number of fused-ring (bicyclic) bond motifs is 1. The zero-order chi connectivity index (χ0) is 21.4. The van der Waals surface area contributed by atoms with Gasteiger partial charge < -0.3 is 20.1 Å². The molecule has 0 aliphatic heterocycles. The van der Waals surface area contributed by atoms with Gasteiger partial charge in [-0.05, 0) is 80.4 Å². The Labute approximate surface area is 190 Å². The number of aromatic amines is 1. The SMILES string of the molecule is CN(C)c1ccc(-c2nc3ccc(N=Cc4cc(Br)c(O)c(Br)c4O)cc3[nH]2)cc1. The van der Waals surface area contributed by atoms with Gasteiger partial charge in [-0.1, -0.05) is 0 Å². The Morgan fingerprint density at radius 3 is 2.43 bits per heavy atom. The maximum Gasteiger partial charge on any atom is 0.147 e. The highest BCUT2D eigenvalue weighted by atomic mass is 79.9. The third-order valence-corrected chi connectivity index (χ3v) is 6.03. The highest BCUT2D eigenvalue weighted by Gasteiger charge is 2.13. The van der Waals surface area contributed by atoms with Crippen molar-refractivity contribution < 1.29 is 10.2 Å². The van der Waals surface area contributed by atoms with Crippen molar-refractivity contribution in [2.75, 3.05) is 19.0 Å². The van der Waals surface area contributed by atoms with Crippen molar-refractivity contribution in [3.63, 3.8) is 0 Å². The number of aromatic nitrogens is 2. The number of hydrogen-bond donors (Lipinski definition) is 3. The maximum absolute atomic E-state index is 10.2. The fraction of sp³-hybridized carbons (Fsp3) is 0.0909. The number of H-pyrrole nitrogens is 1. The molecule has 0 saturated carbocycles. The zero-order valence-corrected chi connectivity index (χ0v) is 19.4. The summed E-state index contributed by atoms with van der Waals surface area (Å²) in [7, 11) is 4.01. The fourth-order valence-electron chi connectivity index (χ4n) is 2.99. The topological polar surface area (TPSA) is 84.7 Å². The normalized spacial score (nSPS) is 11.5. The fourth-order valence-corrected chi connectivity index (χ4v) is 4.14. The quantitative estimate of drug-likeness (QED) is 0.284. The third kappa shape index (κ3) is 3.93. The molecule has 3 aromatic carbocycles. The van der Waals surface area contributed by atoms with E-state index in [4.69, 9.17) is 0 Å². The molecule has 0 aliphatic rings. The summed E-state index contributed by atoms with van der Waals surface area (Å²) in [6.07, 6.45) is 1.54. The van der Waals surface area contributed by atoms with Gasteiger partial charge in [0, 0.05) is 37.1 Å². The number of imidazole rings is 1. The van der Waals surface area contributed by atoms with Gasteiger partial charge in [-0.3, -0.25) is 4.99 Å². The van der Waals surface area contributed by atoms with Crippen LogP contribution in [-0.4, -0.2) is 40.5 Å². The van der Waals surface area contributed by atoms with Crippen LogP contribution in [0.3, 0.4) is 0 Å². The van der Waals surface area contributed by atoms with E-state index in [-0.39, 0.29) is 16.0 Å². The summed E-state index contributed by atoms with van der Waals surface area (Å²) in [6, 6.07) is 15.4. The van der Waals surface area contributed by atoms with Crippen molar-refractivity contribution in [1.29, 1.82) is 0 Å². The van der Waals surface area contributed by atoms with Gasteiger partial charge in [-0.25, -0.2) is 4.98 Å². The molecule has 3 N–H and O–H groups in total. The summed E-state index contributed by atoms with van der Waals surface area (Å²) in [4.78, 5) is 14.5. The Hall–Kier alpha value is -2.84. The number of anilines is 1.